The van der Waals surface area contributed by atoms with E-state index in [2.05, 4.69) is 10.6 Å². The van der Waals surface area contributed by atoms with Crippen LogP contribution in [-0.4, -0.2) is 43.6 Å². The van der Waals surface area contributed by atoms with Crippen molar-refractivity contribution < 1.29 is 24.0 Å². The van der Waals surface area contributed by atoms with E-state index in [0.29, 0.717) is 13.0 Å². The molecule has 7 heteroatoms. The van der Waals surface area contributed by atoms with Crippen molar-refractivity contribution in [3.05, 3.63) is 35.4 Å². The molecule has 0 aliphatic carbocycles. The molecule has 0 bridgehead atoms. The van der Waals surface area contributed by atoms with Crippen molar-refractivity contribution in [3.8, 4) is 0 Å². The van der Waals surface area contributed by atoms with Gasteiger partial charge in [-0.25, -0.2) is 9.59 Å². The number of fused-ring (bicyclic) bond motifs is 1. The Hall–Kier alpha value is -2.41. The monoisotopic (exact) mass is 348 g/mol. The summed E-state index contributed by atoms with van der Waals surface area (Å²) in [5, 5.41) is 5.02. The highest BCUT2D eigenvalue weighted by atomic mass is 16.5. The van der Waals surface area contributed by atoms with E-state index in [1.165, 1.54) is 7.11 Å². The molecule has 0 aromatic heterocycles. The van der Waals surface area contributed by atoms with E-state index in [9.17, 15) is 14.4 Å². The quantitative estimate of drug-likeness (QED) is 0.643. The number of esters is 1. The summed E-state index contributed by atoms with van der Waals surface area (Å²) in [7, 11) is 1.35. The summed E-state index contributed by atoms with van der Waals surface area (Å²) >= 11 is 0. The Morgan fingerprint density at radius 2 is 1.96 bits per heavy atom. The number of rotatable bonds is 5. The van der Waals surface area contributed by atoms with Crippen LogP contribution in [0.1, 0.15) is 31.4 Å². The Bertz CT molecular complexity index is 647. The second-order valence-corrected chi connectivity index (χ2v) is 6.39. The molecule has 0 saturated carbocycles. The second kappa shape index (κ2) is 8.62. The SMILES string of the molecule is CC[C@@H](C)NC(=O)NC(=O)C[NH+]1Cc2ccccc2C[C@@H]1C(=O)OC. The fraction of sp³-hybridized carbons (Fsp3) is 0.500. The van der Waals surface area contributed by atoms with E-state index in [1.54, 1.807) is 0 Å². The Labute approximate surface area is 147 Å². The molecule has 0 radical (unpaired) electrons. The van der Waals surface area contributed by atoms with Gasteiger partial charge in [-0.05, 0) is 18.9 Å². The molecule has 0 saturated heterocycles. The molecule has 3 amide bonds. The standard InChI is InChI=1S/C18H25N3O4/c1-4-12(2)19-18(24)20-16(22)11-21-10-14-8-6-5-7-13(14)9-15(21)17(23)25-3/h5-8,12,15H,4,9-11H2,1-3H3,(H2,19,20,22,24)/p+1/t12-,15-/m1/s1. The lowest BCUT2D eigenvalue weighted by molar-refractivity contribution is -0.924. The predicted molar refractivity (Wildman–Crippen MR) is 91.9 cm³/mol. The molecule has 1 aliphatic rings. The highest BCUT2D eigenvalue weighted by Gasteiger charge is 2.37. The van der Waals surface area contributed by atoms with Crippen molar-refractivity contribution in [1.29, 1.82) is 0 Å². The number of quaternary nitrogens is 1. The molecule has 7 nitrogen and oxygen atoms in total. The number of amides is 3. The Morgan fingerprint density at radius 3 is 2.60 bits per heavy atom. The molecule has 0 fully saturated rings. The first-order valence-corrected chi connectivity index (χ1v) is 8.54. The molecule has 136 valence electrons. The first-order valence-electron chi connectivity index (χ1n) is 8.54. The van der Waals surface area contributed by atoms with Gasteiger partial charge in [0.2, 0.25) is 0 Å². The first kappa shape index (κ1) is 18.9. The van der Waals surface area contributed by atoms with Gasteiger partial charge in [0, 0.05) is 18.0 Å². The number of benzene rings is 1. The van der Waals surface area contributed by atoms with E-state index in [1.807, 2.05) is 38.1 Å². The maximum Gasteiger partial charge on any atom is 0.365 e. The number of hydrogen-bond acceptors (Lipinski definition) is 4. The van der Waals surface area contributed by atoms with E-state index in [4.69, 9.17) is 4.74 Å². The molecule has 3 N–H and O–H groups in total. The molecule has 1 unspecified atom stereocenters. The average Bonchev–Trinajstić information content (AvgIpc) is 2.59. The molecule has 0 spiro atoms. The molecule has 1 heterocycles. The smallest absolute Gasteiger partial charge is 0.365 e. The number of carbonyl (C=O) groups is 3. The van der Waals surface area contributed by atoms with Gasteiger partial charge in [0.05, 0.1) is 7.11 Å². The fourth-order valence-electron chi connectivity index (χ4n) is 2.98. The number of methoxy groups -OCH3 is 1. The highest BCUT2D eigenvalue weighted by Crippen LogP contribution is 2.14. The maximum atomic E-state index is 12.2. The van der Waals surface area contributed by atoms with Crippen molar-refractivity contribution >= 4 is 17.9 Å². The van der Waals surface area contributed by atoms with Crippen molar-refractivity contribution in [2.45, 2.75) is 45.3 Å². The predicted octanol–water partition coefficient (Wildman–Crippen LogP) is -0.206. The van der Waals surface area contributed by atoms with Crippen molar-refractivity contribution in [2.24, 2.45) is 0 Å². The Morgan fingerprint density at radius 1 is 1.28 bits per heavy atom. The third-order valence-corrected chi connectivity index (χ3v) is 4.57. The topological polar surface area (TPSA) is 88.9 Å². The molecule has 1 aromatic carbocycles. The van der Waals surface area contributed by atoms with Gasteiger partial charge < -0.3 is 15.0 Å². The van der Waals surface area contributed by atoms with Crippen LogP contribution in [0.25, 0.3) is 0 Å². The zero-order valence-electron chi connectivity index (χ0n) is 14.9. The van der Waals surface area contributed by atoms with Gasteiger partial charge in [-0.3, -0.25) is 10.1 Å². The number of urea groups is 1. The van der Waals surface area contributed by atoms with E-state index in [0.717, 1.165) is 22.4 Å². The molecule has 1 aromatic rings. The lowest BCUT2D eigenvalue weighted by Gasteiger charge is -2.31. The summed E-state index contributed by atoms with van der Waals surface area (Å²) in [6.45, 7) is 4.38. The van der Waals surface area contributed by atoms with Crippen LogP contribution in [0.5, 0.6) is 0 Å². The zero-order valence-corrected chi connectivity index (χ0v) is 14.9. The Kier molecular flexibility index (Phi) is 6.52. The summed E-state index contributed by atoms with van der Waals surface area (Å²) in [5.41, 5.74) is 2.20. The minimum Gasteiger partial charge on any atom is -0.465 e. The molecular weight excluding hydrogens is 322 g/mol. The molecule has 2 rings (SSSR count). The summed E-state index contributed by atoms with van der Waals surface area (Å²) in [5.74, 6) is -0.759. The third-order valence-electron chi connectivity index (χ3n) is 4.57. The van der Waals surface area contributed by atoms with Gasteiger partial charge in [0.15, 0.2) is 12.6 Å². The van der Waals surface area contributed by atoms with Gasteiger partial charge in [-0.2, -0.15) is 0 Å². The van der Waals surface area contributed by atoms with Crippen LogP contribution in [0.3, 0.4) is 0 Å². The number of carbonyl (C=O) groups excluding carboxylic acids is 3. The van der Waals surface area contributed by atoms with Crippen LogP contribution < -0.4 is 15.5 Å². The number of nitrogens with one attached hydrogen (secondary N) is 3. The van der Waals surface area contributed by atoms with Gasteiger partial charge in [-0.1, -0.05) is 31.2 Å². The fourth-order valence-corrected chi connectivity index (χ4v) is 2.98. The number of ether oxygens (including phenoxy) is 1. The van der Waals surface area contributed by atoms with E-state index in [-0.39, 0.29) is 18.6 Å². The van der Waals surface area contributed by atoms with Crippen molar-refractivity contribution in [2.75, 3.05) is 13.7 Å². The van der Waals surface area contributed by atoms with Gasteiger partial charge in [0.1, 0.15) is 6.54 Å². The van der Waals surface area contributed by atoms with Gasteiger partial charge in [0.25, 0.3) is 5.91 Å². The number of hydrogen-bond donors (Lipinski definition) is 3. The summed E-state index contributed by atoms with van der Waals surface area (Å²) < 4.78 is 4.89. The van der Waals surface area contributed by atoms with Crippen LogP contribution in [0, 0.1) is 0 Å². The van der Waals surface area contributed by atoms with Crippen LogP contribution in [0.4, 0.5) is 4.79 Å². The lowest BCUT2D eigenvalue weighted by atomic mass is 9.94. The average molecular weight is 348 g/mol. The molecular formula is C18H26N3O4+. The first-order chi connectivity index (χ1) is 11.9. The van der Waals surface area contributed by atoms with Crippen LogP contribution >= 0.6 is 0 Å². The molecule has 25 heavy (non-hydrogen) atoms. The van der Waals surface area contributed by atoms with Crippen LogP contribution in [0.15, 0.2) is 24.3 Å². The van der Waals surface area contributed by atoms with Crippen molar-refractivity contribution in [1.82, 2.24) is 10.6 Å². The number of imide groups is 1. The summed E-state index contributed by atoms with van der Waals surface area (Å²) in [6, 6.07) is 6.88. The summed E-state index contributed by atoms with van der Waals surface area (Å²) in [6.07, 6.45) is 1.30. The van der Waals surface area contributed by atoms with Gasteiger partial charge >= 0.3 is 12.0 Å². The van der Waals surface area contributed by atoms with E-state index >= 15 is 0 Å². The van der Waals surface area contributed by atoms with Crippen LogP contribution in [-0.2, 0) is 27.3 Å². The molecule has 3 atom stereocenters. The van der Waals surface area contributed by atoms with E-state index < -0.39 is 18.0 Å². The maximum absolute atomic E-state index is 12.2. The third kappa shape index (κ3) is 5.03. The second-order valence-electron chi connectivity index (χ2n) is 6.39. The normalized spacial score (nSPS) is 20.1. The molecule has 1 aliphatic heterocycles. The van der Waals surface area contributed by atoms with Crippen molar-refractivity contribution in [3.63, 3.8) is 0 Å². The largest absolute Gasteiger partial charge is 0.465 e. The summed E-state index contributed by atoms with van der Waals surface area (Å²) in [4.78, 5) is 36.9. The van der Waals surface area contributed by atoms with Crippen LogP contribution in [0.2, 0.25) is 0 Å². The Balaban J connectivity index is 2.03. The van der Waals surface area contributed by atoms with Gasteiger partial charge in [-0.15, -0.1) is 0 Å². The highest BCUT2D eigenvalue weighted by molar-refractivity contribution is 5.94. The minimum absolute atomic E-state index is 0.00942. The lowest BCUT2D eigenvalue weighted by Crippen LogP contribution is -3.17. The zero-order chi connectivity index (χ0) is 18.4. The minimum atomic E-state index is -0.509.